The summed E-state index contributed by atoms with van der Waals surface area (Å²) in [7, 11) is 1.85. The molecule has 13 heteroatoms. The molecule has 1 aliphatic rings. The molecule has 51 heavy (non-hydrogen) atoms. The van der Waals surface area contributed by atoms with Crippen LogP contribution in [-0.4, -0.2) is 46.6 Å². The lowest BCUT2D eigenvalue weighted by molar-refractivity contribution is -0.139. The maximum absolute atomic E-state index is 16.6. The van der Waals surface area contributed by atoms with Gasteiger partial charge in [-0.1, -0.05) is 19.8 Å². The van der Waals surface area contributed by atoms with Gasteiger partial charge in [0.15, 0.2) is 0 Å². The fourth-order valence-corrected chi connectivity index (χ4v) is 6.87. The number of piperidine rings is 1. The Labute approximate surface area is 292 Å². The maximum atomic E-state index is 16.6. The molecule has 2 N–H and O–H groups in total. The van der Waals surface area contributed by atoms with Crippen LogP contribution in [0.25, 0.3) is 11.1 Å². The fraction of sp³-hybridized carbons (Fsp3) is 0.447. The van der Waals surface area contributed by atoms with Crippen LogP contribution in [0.2, 0.25) is 0 Å². The van der Waals surface area contributed by atoms with E-state index < -0.39 is 76.6 Å². The second-order valence-electron chi connectivity index (χ2n) is 13.6. The normalized spacial score (nSPS) is 15.3. The number of aryl methyl sites for hydroxylation is 2. The summed E-state index contributed by atoms with van der Waals surface area (Å²) in [4.78, 5) is 41.6. The van der Waals surface area contributed by atoms with Crippen molar-refractivity contribution in [2.45, 2.75) is 84.5 Å². The minimum atomic E-state index is -4.85. The monoisotopic (exact) mass is 717 g/mol. The molecule has 1 amide bonds. The number of carbonyl (C=O) groups excluding carboxylic acids is 1. The first-order valence-electron chi connectivity index (χ1n) is 16.6. The Bertz CT molecular complexity index is 1910. The highest BCUT2D eigenvalue weighted by Gasteiger charge is 2.39. The molecule has 2 heterocycles. The summed E-state index contributed by atoms with van der Waals surface area (Å²) in [6, 6.07) is 0.601. The van der Waals surface area contributed by atoms with Gasteiger partial charge in [0.1, 0.15) is 23.5 Å². The zero-order valence-electron chi connectivity index (χ0n) is 29.3. The highest BCUT2D eigenvalue weighted by Crippen LogP contribution is 2.40. The number of carboxylic acid groups (broad SMARTS) is 1. The van der Waals surface area contributed by atoms with Gasteiger partial charge in [-0.25, -0.2) is 13.2 Å². The van der Waals surface area contributed by atoms with E-state index in [0.29, 0.717) is 43.1 Å². The van der Waals surface area contributed by atoms with Crippen LogP contribution >= 0.6 is 0 Å². The third-order valence-corrected chi connectivity index (χ3v) is 9.21. The molecule has 3 aromatic rings. The molecule has 4 rings (SSSR count). The minimum Gasteiger partial charge on any atom is -0.481 e. The van der Waals surface area contributed by atoms with Crippen LogP contribution in [-0.2, 0) is 15.8 Å². The van der Waals surface area contributed by atoms with E-state index in [4.69, 9.17) is 0 Å². The topological polar surface area (TPSA) is 91.6 Å². The Balaban J connectivity index is 1.89. The van der Waals surface area contributed by atoms with Gasteiger partial charge in [-0.05, 0) is 112 Å². The third-order valence-electron chi connectivity index (χ3n) is 9.21. The standard InChI is InChI=1S/C38H41F6N3O4/c1-7-8-24-16-26(33-21(4)14-25(39)15-22(33)5)36(41)34(35(24)40)29(18-32(49)50)45-37(51)30(13-20(2)3)47-19-27(23-9-11-46(6)12-10-23)28(17-31(47)48)38(42,43)44/h14-17,19-20,23,29-30H,9-13,18H2,1-6H3,(H,45,51)(H,49,50)/t29-,30-/m0/s1. The van der Waals surface area contributed by atoms with Crippen LogP contribution < -0.4 is 10.9 Å². The highest BCUT2D eigenvalue weighted by atomic mass is 19.4. The van der Waals surface area contributed by atoms with Crippen LogP contribution in [0.4, 0.5) is 26.3 Å². The molecule has 0 saturated carbocycles. The van der Waals surface area contributed by atoms with Crippen LogP contribution in [0.15, 0.2) is 35.3 Å². The number of aromatic nitrogens is 1. The number of pyridine rings is 1. The maximum Gasteiger partial charge on any atom is 0.416 e. The molecule has 0 bridgehead atoms. The van der Waals surface area contributed by atoms with Crippen LogP contribution in [0.1, 0.15) is 97.8 Å². The number of nitrogens with zero attached hydrogens (tertiary/aromatic N) is 2. The smallest absolute Gasteiger partial charge is 0.416 e. The summed E-state index contributed by atoms with van der Waals surface area (Å²) in [6.07, 6.45) is -4.11. The number of hydrogen-bond acceptors (Lipinski definition) is 4. The van der Waals surface area contributed by atoms with Crippen molar-refractivity contribution < 1.29 is 41.0 Å². The molecule has 0 aliphatic carbocycles. The lowest BCUT2D eigenvalue weighted by Crippen LogP contribution is -2.41. The summed E-state index contributed by atoms with van der Waals surface area (Å²) in [5.41, 5.74) is -2.86. The van der Waals surface area contributed by atoms with Gasteiger partial charge >= 0.3 is 12.1 Å². The minimum absolute atomic E-state index is 0.0741. The zero-order valence-corrected chi connectivity index (χ0v) is 29.3. The second-order valence-corrected chi connectivity index (χ2v) is 13.6. The molecular formula is C38H41F6N3O4. The van der Waals surface area contributed by atoms with Gasteiger partial charge in [0.2, 0.25) is 5.91 Å². The number of nitrogens with one attached hydrogen (secondary N) is 1. The fourth-order valence-electron chi connectivity index (χ4n) is 6.87. The van der Waals surface area contributed by atoms with Gasteiger partial charge in [-0.2, -0.15) is 13.2 Å². The van der Waals surface area contributed by atoms with E-state index >= 15 is 8.78 Å². The van der Waals surface area contributed by atoms with Gasteiger partial charge in [0.25, 0.3) is 5.56 Å². The molecule has 1 saturated heterocycles. The number of alkyl halides is 3. The van der Waals surface area contributed by atoms with Crippen LogP contribution in [0.5, 0.6) is 0 Å². The molecule has 0 unspecified atom stereocenters. The summed E-state index contributed by atoms with van der Waals surface area (Å²) in [5, 5.41) is 12.3. The molecule has 1 aliphatic heterocycles. The van der Waals surface area contributed by atoms with Crippen LogP contribution in [0, 0.1) is 49.1 Å². The predicted octanol–water partition coefficient (Wildman–Crippen LogP) is 7.67. The number of amides is 1. The van der Waals surface area contributed by atoms with Gasteiger partial charge in [0.05, 0.1) is 23.6 Å². The average molecular weight is 718 g/mol. The Morgan fingerprint density at radius 1 is 1.02 bits per heavy atom. The SMILES string of the molecule is CC#Cc1cc(-c2c(C)cc(F)cc2C)c(F)c([C@H](CC(=O)O)NC(=O)[C@H](CC(C)C)n2cc(C3CCN(C)CC3)c(C(F)(F)F)cc2=O)c1F. The molecule has 2 atom stereocenters. The van der Waals surface area contributed by atoms with Crippen molar-refractivity contribution >= 4 is 11.9 Å². The average Bonchev–Trinajstić information content (AvgIpc) is 3.01. The number of rotatable bonds is 10. The van der Waals surface area contributed by atoms with E-state index in [-0.39, 0.29) is 34.6 Å². The highest BCUT2D eigenvalue weighted by molar-refractivity contribution is 5.82. The van der Waals surface area contributed by atoms with Gasteiger partial charge in [-0.3, -0.25) is 14.4 Å². The van der Waals surface area contributed by atoms with E-state index in [1.807, 2.05) is 11.9 Å². The molecule has 2 aromatic carbocycles. The van der Waals surface area contributed by atoms with Crippen molar-refractivity contribution in [2.75, 3.05) is 20.1 Å². The first kappa shape index (κ1) is 39.2. The number of halogens is 6. The predicted molar refractivity (Wildman–Crippen MR) is 181 cm³/mol. The Morgan fingerprint density at radius 2 is 1.63 bits per heavy atom. The van der Waals surface area contributed by atoms with Gasteiger partial charge in [-0.15, -0.1) is 5.92 Å². The van der Waals surface area contributed by atoms with Crippen molar-refractivity contribution in [2.24, 2.45) is 5.92 Å². The van der Waals surface area contributed by atoms with E-state index in [9.17, 15) is 37.1 Å². The summed E-state index contributed by atoms with van der Waals surface area (Å²) in [5.74, 6) is -1.37. The number of likely N-dealkylation sites (tertiary alicyclic amines) is 1. The van der Waals surface area contributed by atoms with Crippen molar-refractivity contribution in [1.29, 1.82) is 0 Å². The van der Waals surface area contributed by atoms with Crippen molar-refractivity contribution in [3.63, 3.8) is 0 Å². The van der Waals surface area contributed by atoms with Crippen molar-refractivity contribution in [3.05, 3.63) is 91.6 Å². The molecule has 1 aromatic heterocycles. The number of benzene rings is 2. The number of aliphatic carboxylic acids is 1. The molecule has 0 radical (unpaired) electrons. The first-order chi connectivity index (χ1) is 23.8. The van der Waals surface area contributed by atoms with E-state index in [1.165, 1.54) is 20.8 Å². The van der Waals surface area contributed by atoms with E-state index in [1.54, 1.807) is 13.8 Å². The summed E-state index contributed by atoms with van der Waals surface area (Å²) < 4.78 is 90.6. The molecule has 0 spiro atoms. The van der Waals surface area contributed by atoms with Crippen molar-refractivity contribution in [1.82, 2.24) is 14.8 Å². The van der Waals surface area contributed by atoms with Crippen molar-refractivity contribution in [3.8, 4) is 23.0 Å². The van der Waals surface area contributed by atoms with Gasteiger partial charge in [0, 0.05) is 23.4 Å². The second kappa shape index (κ2) is 15.8. The lowest BCUT2D eigenvalue weighted by Gasteiger charge is -2.32. The van der Waals surface area contributed by atoms with E-state index in [0.717, 1.165) is 29.0 Å². The molecule has 7 nitrogen and oxygen atoms in total. The Hall–Kier alpha value is -4.57. The summed E-state index contributed by atoms with van der Waals surface area (Å²) in [6.45, 7) is 8.92. The number of hydrogen-bond donors (Lipinski definition) is 2. The number of carbonyl (C=O) groups is 2. The van der Waals surface area contributed by atoms with E-state index in [2.05, 4.69) is 17.2 Å². The first-order valence-corrected chi connectivity index (χ1v) is 16.6. The zero-order chi connectivity index (χ0) is 37.9. The summed E-state index contributed by atoms with van der Waals surface area (Å²) >= 11 is 0. The lowest BCUT2D eigenvalue weighted by atomic mass is 9.87. The number of carboxylic acids is 1. The Kier molecular flexibility index (Phi) is 12.1. The quantitative estimate of drug-likeness (QED) is 0.166. The van der Waals surface area contributed by atoms with Crippen LogP contribution in [0.3, 0.4) is 0 Å². The molecular weight excluding hydrogens is 676 g/mol. The van der Waals surface area contributed by atoms with Gasteiger partial charge < -0.3 is 19.9 Å². The Morgan fingerprint density at radius 3 is 2.16 bits per heavy atom. The molecule has 274 valence electrons. The molecule has 1 fully saturated rings. The third kappa shape index (κ3) is 8.84. The largest absolute Gasteiger partial charge is 0.481 e.